The summed E-state index contributed by atoms with van der Waals surface area (Å²) in [4.78, 5) is 14.7. The molecule has 0 unspecified atom stereocenters. The minimum Gasteiger partial charge on any atom is -0.321 e. The first-order chi connectivity index (χ1) is 16.1. The maximum atomic E-state index is 13.8. The van der Waals surface area contributed by atoms with E-state index in [0.29, 0.717) is 18.0 Å². The molecule has 3 aromatic rings. The van der Waals surface area contributed by atoms with E-state index >= 15 is 0 Å². The van der Waals surface area contributed by atoms with Gasteiger partial charge in [-0.15, -0.1) is 21.8 Å². The Labute approximate surface area is 200 Å². The van der Waals surface area contributed by atoms with Gasteiger partial charge in [0.15, 0.2) is 0 Å². The van der Waals surface area contributed by atoms with Crippen LogP contribution < -0.4 is 4.90 Å². The van der Waals surface area contributed by atoms with Gasteiger partial charge < -0.3 is 9.47 Å². The van der Waals surface area contributed by atoms with Gasteiger partial charge >= 0.3 is 6.18 Å². The summed E-state index contributed by atoms with van der Waals surface area (Å²) in [6.45, 7) is 2.08. The molecule has 1 amide bonds. The van der Waals surface area contributed by atoms with Gasteiger partial charge in [-0.05, 0) is 59.7 Å². The van der Waals surface area contributed by atoms with Gasteiger partial charge in [-0.1, -0.05) is 19.1 Å². The first-order valence-corrected chi connectivity index (χ1v) is 11.7. The number of rotatable bonds is 5. The molecule has 0 spiro atoms. The fourth-order valence-electron chi connectivity index (χ4n) is 5.54. The lowest BCUT2D eigenvalue weighted by molar-refractivity contribution is -0.138. The molecule has 9 heteroatoms. The van der Waals surface area contributed by atoms with E-state index in [1.165, 1.54) is 11.0 Å². The average molecular weight is 489 g/mol. The van der Waals surface area contributed by atoms with E-state index < -0.39 is 17.6 Å². The van der Waals surface area contributed by atoms with Crippen LogP contribution >= 0.6 is 11.6 Å². The number of fused-ring (bicyclic) bond motifs is 1. The predicted molar refractivity (Wildman–Crippen MR) is 123 cm³/mol. The van der Waals surface area contributed by atoms with Gasteiger partial charge in [-0.25, -0.2) is 0 Å². The zero-order valence-electron chi connectivity index (χ0n) is 18.9. The first-order valence-electron chi connectivity index (χ1n) is 11.2. The van der Waals surface area contributed by atoms with Crippen LogP contribution in [0.1, 0.15) is 58.2 Å². The molecule has 0 bridgehead atoms. The fourth-order valence-corrected chi connectivity index (χ4v) is 5.69. The third kappa shape index (κ3) is 3.78. The number of nitrogens with zero attached hydrogens (tertiary/aromatic N) is 4. The van der Waals surface area contributed by atoms with Gasteiger partial charge in [-0.2, -0.15) is 13.2 Å². The molecule has 5 nitrogen and oxygen atoms in total. The highest BCUT2D eigenvalue weighted by Gasteiger charge is 2.45. The van der Waals surface area contributed by atoms with Crippen LogP contribution in [0.2, 0.25) is 0 Å². The summed E-state index contributed by atoms with van der Waals surface area (Å²) in [5.74, 6) is 0.902. The van der Waals surface area contributed by atoms with E-state index in [1.54, 1.807) is 12.4 Å². The van der Waals surface area contributed by atoms with Crippen molar-refractivity contribution in [3.63, 3.8) is 0 Å². The summed E-state index contributed by atoms with van der Waals surface area (Å²) < 4.78 is 43.2. The highest BCUT2D eigenvalue weighted by molar-refractivity contribution is 6.17. The molecule has 0 radical (unpaired) electrons. The zero-order chi connectivity index (χ0) is 24.3. The van der Waals surface area contributed by atoms with E-state index in [4.69, 9.17) is 11.6 Å². The summed E-state index contributed by atoms with van der Waals surface area (Å²) >= 11 is 5.82. The third-order valence-corrected chi connectivity index (χ3v) is 7.42. The Kier molecular flexibility index (Phi) is 5.47. The number of carbonyl (C=O) groups excluding carboxylic acids is 1. The van der Waals surface area contributed by atoms with Crippen molar-refractivity contribution in [2.75, 3.05) is 4.90 Å². The van der Waals surface area contributed by atoms with Crippen molar-refractivity contribution < 1.29 is 18.0 Å². The van der Waals surface area contributed by atoms with Crippen LogP contribution in [0.25, 0.3) is 0 Å². The number of hydrogen-bond acceptors (Lipinski definition) is 3. The number of aryl methyl sites for hydroxylation is 1. The van der Waals surface area contributed by atoms with Crippen molar-refractivity contribution in [2.24, 2.45) is 13.0 Å². The zero-order valence-corrected chi connectivity index (χ0v) is 19.6. The smallest absolute Gasteiger partial charge is 0.321 e. The molecule has 1 fully saturated rings. The van der Waals surface area contributed by atoms with Crippen molar-refractivity contribution in [2.45, 2.75) is 50.2 Å². The highest BCUT2D eigenvalue weighted by atomic mass is 35.5. The number of anilines is 1. The summed E-state index contributed by atoms with van der Waals surface area (Å²) in [6.07, 6.45) is -0.242. The van der Waals surface area contributed by atoms with E-state index in [1.807, 2.05) is 29.8 Å². The Hall–Kier alpha value is -2.87. The molecule has 1 aromatic heterocycles. The molecule has 1 aliphatic carbocycles. The lowest BCUT2D eigenvalue weighted by atomic mass is 9.57. The quantitative estimate of drug-likeness (QED) is 0.436. The van der Waals surface area contributed by atoms with Crippen LogP contribution in [0, 0.1) is 5.92 Å². The monoisotopic (exact) mass is 488 g/mol. The SMILES string of the molecule is CC1CC(Cc2nncn2C)(c2cccc(N3Cc4c(cc(CCl)cc4C(F)(F)F)C3=O)c2)C1. The molecule has 0 saturated heterocycles. The normalized spacial score (nSPS) is 22.1. The summed E-state index contributed by atoms with van der Waals surface area (Å²) in [5.41, 5.74) is 1.07. The van der Waals surface area contributed by atoms with Gasteiger partial charge in [0.2, 0.25) is 0 Å². The number of hydrogen-bond donors (Lipinski definition) is 0. The van der Waals surface area contributed by atoms with Crippen molar-refractivity contribution in [3.8, 4) is 0 Å². The molecular weight excluding hydrogens is 465 g/mol. The van der Waals surface area contributed by atoms with E-state index in [2.05, 4.69) is 17.1 Å². The maximum Gasteiger partial charge on any atom is 0.416 e. The summed E-state index contributed by atoms with van der Waals surface area (Å²) in [5, 5.41) is 8.24. The Morgan fingerprint density at radius 2 is 1.97 bits per heavy atom. The minimum atomic E-state index is -4.56. The summed E-state index contributed by atoms with van der Waals surface area (Å²) in [7, 11) is 1.91. The van der Waals surface area contributed by atoms with Crippen molar-refractivity contribution in [3.05, 3.63) is 76.4 Å². The van der Waals surface area contributed by atoms with Crippen LogP contribution in [0.4, 0.5) is 18.9 Å². The van der Waals surface area contributed by atoms with Gasteiger partial charge in [0, 0.05) is 36.0 Å². The van der Waals surface area contributed by atoms with E-state index in [9.17, 15) is 18.0 Å². The Bertz CT molecular complexity index is 1260. The fraction of sp³-hybridized carbons (Fsp3) is 0.400. The van der Waals surface area contributed by atoms with Gasteiger partial charge in [-0.3, -0.25) is 4.79 Å². The molecule has 2 aromatic carbocycles. The molecule has 2 aliphatic rings. The second-order valence-corrected chi connectivity index (χ2v) is 9.84. The Morgan fingerprint density at radius 1 is 1.21 bits per heavy atom. The third-order valence-electron chi connectivity index (χ3n) is 7.11. The number of carbonyl (C=O) groups is 1. The van der Waals surface area contributed by atoms with Crippen LogP contribution in [-0.2, 0) is 37.5 Å². The van der Waals surface area contributed by atoms with E-state index in [-0.39, 0.29) is 34.5 Å². The molecule has 2 heterocycles. The number of alkyl halides is 4. The highest BCUT2D eigenvalue weighted by Crippen LogP contribution is 2.50. The molecule has 1 saturated carbocycles. The molecule has 34 heavy (non-hydrogen) atoms. The number of benzene rings is 2. The molecular formula is C25H24ClF3N4O. The second kappa shape index (κ2) is 8.12. The number of halogens is 4. The van der Waals surface area contributed by atoms with Crippen molar-refractivity contribution in [1.29, 1.82) is 0 Å². The van der Waals surface area contributed by atoms with Crippen LogP contribution in [0.5, 0.6) is 0 Å². The van der Waals surface area contributed by atoms with Gasteiger partial charge in [0.25, 0.3) is 5.91 Å². The van der Waals surface area contributed by atoms with Gasteiger partial charge in [0.05, 0.1) is 12.1 Å². The molecule has 0 N–H and O–H groups in total. The first kappa shape index (κ1) is 22.9. The Balaban J connectivity index is 1.51. The molecule has 178 valence electrons. The van der Waals surface area contributed by atoms with Crippen LogP contribution in [-0.4, -0.2) is 20.7 Å². The van der Waals surface area contributed by atoms with Gasteiger partial charge in [0.1, 0.15) is 12.2 Å². The number of aromatic nitrogens is 3. The molecule has 0 atom stereocenters. The van der Waals surface area contributed by atoms with Crippen LogP contribution in [0.3, 0.4) is 0 Å². The average Bonchev–Trinajstić information content (AvgIpc) is 3.33. The Morgan fingerprint density at radius 3 is 2.59 bits per heavy atom. The predicted octanol–water partition coefficient (Wildman–Crippen LogP) is 5.64. The van der Waals surface area contributed by atoms with Crippen molar-refractivity contribution >= 4 is 23.2 Å². The standard InChI is InChI=1S/C25H24ClF3N4O/c1-15-9-24(10-15,11-22-31-30-14-32(22)2)17-4-3-5-18(8-17)33-13-20-19(23(33)34)6-16(12-26)7-21(20)25(27,28)29/h3-8,14-15H,9-13H2,1-2H3. The molecule has 1 aliphatic heterocycles. The maximum absolute atomic E-state index is 13.8. The van der Waals surface area contributed by atoms with Crippen molar-refractivity contribution in [1.82, 2.24) is 14.8 Å². The summed E-state index contributed by atoms with van der Waals surface area (Å²) in [6, 6.07) is 10.2. The second-order valence-electron chi connectivity index (χ2n) is 9.57. The number of amides is 1. The van der Waals surface area contributed by atoms with E-state index in [0.717, 1.165) is 30.3 Å². The lowest BCUT2D eigenvalue weighted by Gasteiger charge is -2.47. The molecule has 5 rings (SSSR count). The largest absolute Gasteiger partial charge is 0.416 e. The lowest BCUT2D eigenvalue weighted by Crippen LogP contribution is -2.42. The topological polar surface area (TPSA) is 51.0 Å². The van der Waals surface area contributed by atoms with Crippen LogP contribution in [0.15, 0.2) is 42.7 Å². The minimum absolute atomic E-state index is 0.00262.